The Labute approximate surface area is 115 Å². The van der Waals surface area contributed by atoms with Gasteiger partial charge in [0.15, 0.2) is 0 Å². The Hall–Kier alpha value is -2.16. The summed E-state index contributed by atoms with van der Waals surface area (Å²) in [5, 5.41) is 13.3. The van der Waals surface area contributed by atoms with Gasteiger partial charge < -0.3 is 10.4 Å². The van der Waals surface area contributed by atoms with E-state index in [1.807, 2.05) is 17.5 Å². The van der Waals surface area contributed by atoms with Crippen molar-refractivity contribution >= 4 is 17.2 Å². The van der Waals surface area contributed by atoms with Crippen LogP contribution in [-0.4, -0.2) is 22.6 Å². The zero-order chi connectivity index (χ0) is 13.5. The molecule has 0 saturated heterocycles. The molecule has 1 amide bonds. The molecule has 19 heavy (non-hydrogen) atoms. The Kier molecular flexibility index (Phi) is 4.67. The minimum absolute atomic E-state index is 0.158. The van der Waals surface area contributed by atoms with Crippen molar-refractivity contribution < 1.29 is 9.90 Å². The molecule has 5 heteroatoms. The molecular formula is C14H12N2O2S. The third-order valence-corrected chi connectivity index (χ3v) is 3.29. The number of hydrogen-bond acceptors (Lipinski definition) is 4. The Morgan fingerprint density at radius 3 is 2.89 bits per heavy atom. The second-order valence-corrected chi connectivity index (χ2v) is 4.58. The lowest BCUT2D eigenvalue weighted by Gasteiger charge is -2.03. The fourth-order valence-corrected chi connectivity index (χ4v) is 2.25. The fraction of sp³-hybridized carbons (Fsp3) is 0.143. The second kappa shape index (κ2) is 6.69. The van der Waals surface area contributed by atoms with Crippen LogP contribution in [0.15, 0.2) is 36.0 Å². The van der Waals surface area contributed by atoms with Crippen molar-refractivity contribution in [3.63, 3.8) is 0 Å². The highest BCUT2D eigenvalue weighted by Gasteiger charge is 2.11. The number of nitrogens with one attached hydrogen (secondary N) is 1. The van der Waals surface area contributed by atoms with Gasteiger partial charge in [-0.2, -0.15) is 0 Å². The first-order valence-corrected chi connectivity index (χ1v) is 6.53. The lowest BCUT2D eigenvalue weighted by Crippen LogP contribution is -2.22. The Balaban J connectivity index is 2.02. The SMILES string of the molecule is O=C(NCc1ccncc1)c1sccc1C#CCO. The molecule has 2 aromatic heterocycles. The molecule has 4 nitrogen and oxygen atoms in total. The maximum Gasteiger partial charge on any atom is 0.262 e. The first-order valence-electron chi connectivity index (χ1n) is 5.65. The van der Waals surface area contributed by atoms with Crippen molar-refractivity contribution in [1.82, 2.24) is 10.3 Å². The molecule has 0 aliphatic heterocycles. The highest BCUT2D eigenvalue weighted by molar-refractivity contribution is 7.12. The van der Waals surface area contributed by atoms with Gasteiger partial charge in [-0.25, -0.2) is 0 Å². The molecule has 0 aliphatic carbocycles. The molecule has 2 heterocycles. The first kappa shape index (κ1) is 13.3. The van der Waals surface area contributed by atoms with Gasteiger partial charge in [-0.15, -0.1) is 11.3 Å². The van der Waals surface area contributed by atoms with Crippen molar-refractivity contribution in [2.24, 2.45) is 0 Å². The summed E-state index contributed by atoms with van der Waals surface area (Å²) >= 11 is 1.33. The quantitative estimate of drug-likeness (QED) is 0.831. The van der Waals surface area contributed by atoms with E-state index in [2.05, 4.69) is 22.1 Å². The van der Waals surface area contributed by atoms with Crippen molar-refractivity contribution in [1.29, 1.82) is 0 Å². The minimum Gasteiger partial charge on any atom is -0.384 e. The lowest BCUT2D eigenvalue weighted by atomic mass is 10.2. The van der Waals surface area contributed by atoms with Crippen molar-refractivity contribution in [3.05, 3.63) is 52.0 Å². The fourth-order valence-electron chi connectivity index (χ4n) is 1.48. The van der Waals surface area contributed by atoms with Crippen LogP contribution in [0.5, 0.6) is 0 Å². The summed E-state index contributed by atoms with van der Waals surface area (Å²) in [5.41, 5.74) is 1.63. The van der Waals surface area contributed by atoms with E-state index in [9.17, 15) is 4.79 Å². The number of hydrogen-bond donors (Lipinski definition) is 2. The summed E-state index contributed by atoms with van der Waals surface area (Å²) in [5.74, 6) is 5.15. The van der Waals surface area contributed by atoms with Gasteiger partial charge in [0, 0.05) is 24.5 Å². The maximum absolute atomic E-state index is 12.0. The van der Waals surface area contributed by atoms with Gasteiger partial charge in [-0.1, -0.05) is 11.8 Å². The molecular weight excluding hydrogens is 260 g/mol. The highest BCUT2D eigenvalue weighted by atomic mass is 32.1. The smallest absolute Gasteiger partial charge is 0.262 e. The van der Waals surface area contributed by atoms with E-state index in [0.29, 0.717) is 17.0 Å². The van der Waals surface area contributed by atoms with E-state index in [0.717, 1.165) is 5.56 Å². The average molecular weight is 272 g/mol. The highest BCUT2D eigenvalue weighted by Crippen LogP contribution is 2.15. The van der Waals surface area contributed by atoms with E-state index < -0.39 is 0 Å². The zero-order valence-electron chi connectivity index (χ0n) is 10.1. The predicted molar refractivity (Wildman–Crippen MR) is 73.7 cm³/mol. The second-order valence-electron chi connectivity index (χ2n) is 3.66. The summed E-state index contributed by atoms with van der Waals surface area (Å²) in [4.78, 5) is 16.5. The van der Waals surface area contributed by atoms with Crippen LogP contribution in [0.4, 0.5) is 0 Å². The summed E-state index contributed by atoms with van der Waals surface area (Å²) in [7, 11) is 0. The van der Waals surface area contributed by atoms with E-state index in [4.69, 9.17) is 5.11 Å². The topological polar surface area (TPSA) is 62.2 Å². The standard InChI is InChI=1S/C14H12N2O2S/c17-8-1-2-12-5-9-19-13(12)14(18)16-10-11-3-6-15-7-4-11/h3-7,9,17H,8,10H2,(H,16,18). The number of carbonyl (C=O) groups excluding carboxylic acids is 1. The summed E-state index contributed by atoms with van der Waals surface area (Å²) in [6, 6.07) is 5.47. The van der Waals surface area contributed by atoms with E-state index in [1.165, 1.54) is 11.3 Å². The van der Waals surface area contributed by atoms with E-state index in [-0.39, 0.29) is 12.5 Å². The zero-order valence-corrected chi connectivity index (χ0v) is 10.9. The summed E-state index contributed by atoms with van der Waals surface area (Å²) < 4.78 is 0. The number of aliphatic hydroxyl groups excluding tert-OH is 1. The Morgan fingerprint density at radius 2 is 2.16 bits per heavy atom. The summed E-state index contributed by atoms with van der Waals surface area (Å²) in [6.45, 7) is 0.236. The molecule has 0 atom stereocenters. The number of carbonyl (C=O) groups is 1. The van der Waals surface area contributed by atoms with Gasteiger partial charge in [0.2, 0.25) is 0 Å². The number of pyridine rings is 1. The summed E-state index contributed by atoms with van der Waals surface area (Å²) in [6.07, 6.45) is 3.37. The van der Waals surface area contributed by atoms with Crippen LogP contribution < -0.4 is 5.32 Å². The van der Waals surface area contributed by atoms with Gasteiger partial charge in [0.1, 0.15) is 11.5 Å². The van der Waals surface area contributed by atoms with Gasteiger partial charge in [-0.3, -0.25) is 9.78 Å². The van der Waals surface area contributed by atoms with Crippen LogP contribution >= 0.6 is 11.3 Å². The van der Waals surface area contributed by atoms with Gasteiger partial charge >= 0.3 is 0 Å². The molecule has 0 radical (unpaired) electrons. The third-order valence-electron chi connectivity index (χ3n) is 2.38. The first-order chi connectivity index (χ1) is 9.31. The van der Waals surface area contributed by atoms with E-state index >= 15 is 0 Å². The Bertz CT molecular complexity index is 611. The molecule has 0 saturated carbocycles. The number of amides is 1. The third kappa shape index (κ3) is 3.65. The molecule has 2 rings (SSSR count). The van der Waals surface area contributed by atoms with Gasteiger partial charge in [-0.05, 0) is 29.1 Å². The van der Waals surface area contributed by atoms with E-state index in [1.54, 1.807) is 18.5 Å². The maximum atomic E-state index is 12.0. The largest absolute Gasteiger partial charge is 0.384 e. The van der Waals surface area contributed by atoms with Gasteiger partial charge in [0.25, 0.3) is 5.91 Å². The Morgan fingerprint density at radius 1 is 1.37 bits per heavy atom. The van der Waals surface area contributed by atoms with Crippen LogP contribution in [0, 0.1) is 11.8 Å². The monoisotopic (exact) mass is 272 g/mol. The molecule has 0 unspecified atom stereocenters. The molecule has 2 aromatic rings. The predicted octanol–water partition coefficient (Wildman–Crippen LogP) is 1.42. The lowest BCUT2D eigenvalue weighted by molar-refractivity contribution is 0.0954. The molecule has 0 fully saturated rings. The number of nitrogens with zero attached hydrogens (tertiary/aromatic N) is 1. The van der Waals surface area contributed by atoms with Crippen LogP contribution in [0.1, 0.15) is 20.8 Å². The van der Waals surface area contributed by atoms with Crippen LogP contribution in [0.3, 0.4) is 0 Å². The number of thiophene rings is 1. The number of aliphatic hydroxyl groups is 1. The van der Waals surface area contributed by atoms with Gasteiger partial charge in [0.05, 0.1) is 0 Å². The minimum atomic E-state index is -0.214. The molecule has 2 N–H and O–H groups in total. The molecule has 0 aromatic carbocycles. The average Bonchev–Trinajstić information content (AvgIpc) is 2.92. The van der Waals surface area contributed by atoms with Crippen molar-refractivity contribution in [2.45, 2.75) is 6.54 Å². The van der Waals surface area contributed by atoms with Crippen LogP contribution in [0.25, 0.3) is 0 Å². The van der Waals surface area contributed by atoms with Crippen molar-refractivity contribution in [2.75, 3.05) is 6.61 Å². The van der Waals surface area contributed by atoms with Crippen LogP contribution in [0.2, 0.25) is 0 Å². The molecule has 96 valence electrons. The number of aromatic nitrogens is 1. The normalized spacial score (nSPS) is 9.53. The molecule has 0 bridgehead atoms. The molecule has 0 spiro atoms. The molecule has 0 aliphatic rings. The van der Waals surface area contributed by atoms with Crippen molar-refractivity contribution in [3.8, 4) is 11.8 Å². The van der Waals surface area contributed by atoms with Crippen LogP contribution in [-0.2, 0) is 6.54 Å². The number of rotatable bonds is 3.